The Morgan fingerprint density at radius 1 is 1.67 bits per heavy atom. The Hall–Kier alpha value is -1.03. The molecule has 64 valence electrons. The maximum Gasteiger partial charge on any atom is 0.314 e. The second kappa shape index (κ2) is 3.58. The Kier molecular flexibility index (Phi) is 2.70. The molecule has 12 heavy (non-hydrogen) atoms. The van der Waals surface area contributed by atoms with Crippen molar-refractivity contribution in [2.24, 2.45) is 5.92 Å². The number of carboxylic acid groups (broad SMARTS) is 1. The Morgan fingerprint density at radius 2 is 2.33 bits per heavy atom. The number of allylic oxidation sites excluding steroid dienone is 3. The third-order valence-electron chi connectivity index (χ3n) is 1.53. The summed E-state index contributed by atoms with van der Waals surface area (Å²) in [7, 11) is 0. The maximum absolute atomic E-state index is 10.6. The van der Waals surface area contributed by atoms with E-state index in [9.17, 15) is 4.79 Å². The molecule has 0 aromatic carbocycles. The van der Waals surface area contributed by atoms with Crippen molar-refractivity contribution in [3.05, 3.63) is 34.5 Å². The zero-order valence-electron chi connectivity index (χ0n) is 6.07. The first kappa shape index (κ1) is 9.06. The lowest BCUT2D eigenvalue weighted by atomic mass is 9.96. The van der Waals surface area contributed by atoms with Gasteiger partial charge in [-0.2, -0.15) is 0 Å². The van der Waals surface area contributed by atoms with Crippen LogP contribution in [0, 0.1) is 5.92 Å². The molecule has 0 amide bonds. The molecule has 0 bridgehead atoms. The summed E-state index contributed by atoms with van der Waals surface area (Å²) in [5.41, 5.74) is 0.372. The number of carbonyl (C=O) groups is 1. The average molecular weight is 231 g/mol. The van der Waals surface area contributed by atoms with Gasteiger partial charge in [-0.1, -0.05) is 28.1 Å². The van der Waals surface area contributed by atoms with Crippen LogP contribution in [-0.2, 0) is 4.79 Å². The highest BCUT2D eigenvalue weighted by atomic mass is 79.9. The van der Waals surface area contributed by atoms with E-state index in [0.29, 0.717) is 5.57 Å². The molecule has 0 heterocycles. The molecule has 4 heteroatoms. The van der Waals surface area contributed by atoms with Crippen molar-refractivity contribution in [1.82, 2.24) is 0 Å². The smallest absolute Gasteiger partial charge is 0.314 e. The molecule has 0 aliphatic heterocycles. The summed E-state index contributed by atoms with van der Waals surface area (Å²) in [6.45, 7) is 0. The van der Waals surface area contributed by atoms with Crippen molar-refractivity contribution in [3.8, 4) is 0 Å². The summed E-state index contributed by atoms with van der Waals surface area (Å²) < 4.78 is 0.750. The van der Waals surface area contributed by atoms with Crippen LogP contribution in [0.3, 0.4) is 0 Å². The molecule has 0 saturated heterocycles. The Balaban J connectivity index is 2.96. The van der Waals surface area contributed by atoms with E-state index in [1.165, 1.54) is 6.08 Å². The summed E-state index contributed by atoms with van der Waals surface area (Å²) in [6, 6.07) is 0. The summed E-state index contributed by atoms with van der Waals surface area (Å²) in [5, 5.41) is 17.4. The minimum atomic E-state index is -0.970. The van der Waals surface area contributed by atoms with E-state index in [1.807, 2.05) is 0 Å². The lowest BCUT2D eigenvalue weighted by Crippen LogP contribution is -2.14. The van der Waals surface area contributed by atoms with Crippen LogP contribution in [0.4, 0.5) is 0 Å². The number of rotatable bonds is 1. The second-order valence-corrected chi connectivity index (χ2v) is 3.25. The van der Waals surface area contributed by atoms with Crippen molar-refractivity contribution < 1.29 is 15.0 Å². The van der Waals surface area contributed by atoms with Gasteiger partial charge in [0.15, 0.2) is 0 Å². The monoisotopic (exact) mass is 230 g/mol. The van der Waals surface area contributed by atoms with Crippen LogP contribution in [0.25, 0.3) is 0 Å². The van der Waals surface area contributed by atoms with Crippen molar-refractivity contribution in [3.63, 3.8) is 0 Å². The highest BCUT2D eigenvalue weighted by Gasteiger charge is 2.20. The van der Waals surface area contributed by atoms with Gasteiger partial charge in [-0.25, -0.2) is 0 Å². The quantitative estimate of drug-likeness (QED) is 0.678. The molecule has 0 saturated carbocycles. The molecule has 1 atom stereocenters. The lowest BCUT2D eigenvalue weighted by Gasteiger charge is -2.11. The van der Waals surface area contributed by atoms with Gasteiger partial charge in [-0.3, -0.25) is 4.79 Å². The van der Waals surface area contributed by atoms with Gasteiger partial charge in [-0.15, -0.1) is 0 Å². The molecule has 1 aliphatic carbocycles. The predicted octanol–water partition coefficient (Wildman–Crippen LogP) is 1.98. The highest BCUT2D eigenvalue weighted by Crippen LogP contribution is 2.24. The molecule has 0 aromatic rings. The number of aliphatic hydroxyl groups is 1. The van der Waals surface area contributed by atoms with Crippen molar-refractivity contribution in [2.75, 3.05) is 0 Å². The molecular formula is C8H7BrO3. The third kappa shape index (κ3) is 1.76. The van der Waals surface area contributed by atoms with Gasteiger partial charge in [0.1, 0.15) is 5.92 Å². The SMILES string of the molecule is O=C(O)C1C=CC(Br)=C/C1=C/O. The van der Waals surface area contributed by atoms with Crippen LogP contribution in [0.2, 0.25) is 0 Å². The predicted molar refractivity (Wildman–Crippen MR) is 48.0 cm³/mol. The van der Waals surface area contributed by atoms with Crippen molar-refractivity contribution in [1.29, 1.82) is 0 Å². The van der Waals surface area contributed by atoms with Gasteiger partial charge in [0.05, 0.1) is 6.26 Å². The zero-order valence-corrected chi connectivity index (χ0v) is 7.65. The summed E-state index contributed by atoms with van der Waals surface area (Å²) in [5.74, 6) is -1.71. The number of aliphatic hydroxyl groups excluding tert-OH is 1. The van der Waals surface area contributed by atoms with Crippen molar-refractivity contribution >= 4 is 21.9 Å². The summed E-state index contributed by atoms with van der Waals surface area (Å²) in [4.78, 5) is 10.6. The van der Waals surface area contributed by atoms with E-state index in [2.05, 4.69) is 15.9 Å². The zero-order chi connectivity index (χ0) is 9.14. The van der Waals surface area contributed by atoms with E-state index < -0.39 is 11.9 Å². The van der Waals surface area contributed by atoms with Crippen LogP contribution >= 0.6 is 15.9 Å². The van der Waals surface area contributed by atoms with Gasteiger partial charge in [-0.05, 0) is 6.08 Å². The number of aliphatic carboxylic acids is 1. The molecule has 1 unspecified atom stereocenters. The van der Waals surface area contributed by atoms with Gasteiger partial charge in [0, 0.05) is 10.1 Å². The van der Waals surface area contributed by atoms with Crippen LogP contribution in [-0.4, -0.2) is 16.2 Å². The molecule has 1 rings (SSSR count). The van der Waals surface area contributed by atoms with E-state index in [-0.39, 0.29) is 0 Å². The highest BCUT2D eigenvalue weighted by molar-refractivity contribution is 9.11. The van der Waals surface area contributed by atoms with Crippen LogP contribution < -0.4 is 0 Å². The number of hydrogen-bond donors (Lipinski definition) is 2. The van der Waals surface area contributed by atoms with E-state index in [1.54, 1.807) is 12.2 Å². The third-order valence-corrected chi connectivity index (χ3v) is 2.02. The molecule has 1 aliphatic rings. The molecule has 2 N–H and O–H groups in total. The number of halogens is 1. The minimum absolute atomic E-state index is 0.372. The fourth-order valence-corrected chi connectivity index (χ4v) is 1.36. The first-order chi connectivity index (χ1) is 5.65. The van der Waals surface area contributed by atoms with Crippen molar-refractivity contribution in [2.45, 2.75) is 0 Å². The fraction of sp³-hybridized carbons (Fsp3) is 0.125. The van der Waals surface area contributed by atoms with Gasteiger partial charge >= 0.3 is 5.97 Å². The van der Waals surface area contributed by atoms with Crippen LogP contribution in [0.5, 0.6) is 0 Å². The van der Waals surface area contributed by atoms with Crippen LogP contribution in [0.15, 0.2) is 34.5 Å². The van der Waals surface area contributed by atoms with Gasteiger partial charge in [0.2, 0.25) is 0 Å². The van der Waals surface area contributed by atoms with Gasteiger partial charge < -0.3 is 10.2 Å². The first-order valence-corrected chi connectivity index (χ1v) is 4.07. The average Bonchev–Trinajstić information content (AvgIpc) is 2.03. The largest absolute Gasteiger partial charge is 0.515 e. The molecule has 0 fully saturated rings. The number of hydrogen-bond acceptors (Lipinski definition) is 2. The Bertz CT molecular complexity index is 289. The summed E-state index contributed by atoms with van der Waals surface area (Å²) >= 11 is 3.18. The topological polar surface area (TPSA) is 57.5 Å². The van der Waals surface area contributed by atoms with E-state index in [0.717, 1.165) is 10.7 Å². The maximum atomic E-state index is 10.6. The lowest BCUT2D eigenvalue weighted by molar-refractivity contribution is -0.138. The minimum Gasteiger partial charge on any atom is -0.515 e. The standard InChI is InChI=1S/C8H7BrO3/c9-6-1-2-7(8(11)12)5(3-6)4-10/h1-4,7,10H,(H,11,12)/b5-4-. The normalized spacial score (nSPS) is 25.6. The molecule has 0 aromatic heterocycles. The summed E-state index contributed by atoms with van der Waals surface area (Å²) in [6.07, 6.45) is 5.53. The molecule has 0 radical (unpaired) electrons. The van der Waals surface area contributed by atoms with E-state index in [4.69, 9.17) is 10.2 Å². The Labute approximate surface area is 77.8 Å². The molecule has 3 nitrogen and oxygen atoms in total. The molecule has 0 spiro atoms. The number of carboxylic acids is 1. The molecular weight excluding hydrogens is 224 g/mol. The fourth-order valence-electron chi connectivity index (χ4n) is 0.939. The Morgan fingerprint density at radius 3 is 2.83 bits per heavy atom. The second-order valence-electron chi connectivity index (χ2n) is 2.33. The van der Waals surface area contributed by atoms with Crippen LogP contribution in [0.1, 0.15) is 0 Å². The van der Waals surface area contributed by atoms with Gasteiger partial charge in [0.25, 0.3) is 0 Å². The van der Waals surface area contributed by atoms with E-state index >= 15 is 0 Å². The first-order valence-electron chi connectivity index (χ1n) is 3.27.